The van der Waals surface area contributed by atoms with Crippen molar-refractivity contribution in [1.82, 2.24) is 0 Å². The van der Waals surface area contributed by atoms with Crippen LogP contribution in [0.4, 0.5) is 0 Å². The molecular weight excluding hydrogens is 392 g/mol. The third-order valence-electron chi connectivity index (χ3n) is 4.78. The molecule has 2 aromatic carbocycles. The van der Waals surface area contributed by atoms with Gasteiger partial charge in [0.2, 0.25) is 5.75 Å². The molecule has 0 aliphatic heterocycles. The smallest absolute Gasteiger partial charge is 0.343 e. The summed E-state index contributed by atoms with van der Waals surface area (Å²) in [7, 11) is 0. The third kappa shape index (κ3) is 8.67. The van der Waals surface area contributed by atoms with E-state index >= 15 is 0 Å². The van der Waals surface area contributed by atoms with Crippen molar-refractivity contribution in [2.45, 2.75) is 58.3 Å². The zero-order chi connectivity index (χ0) is 22.3. The van der Waals surface area contributed by atoms with Crippen molar-refractivity contribution >= 4 is 11.9 Å². The number of esters is 2. The molecular formula is C26H32O5. The molecule has 2 rings (SSSR count). The number of rotatable bonds is 14. The normalized spacial score (nSPS) is 10.4. The summed E-state index contributed by atoms with van der Waals surface area (Å²) in [5.41, 5.74) is 0.421. The highest BCUT2D eigenvalue weighted by Gasteiger charge is 2.18. The molecule has 0 unspecified atom stereocenters. The van der Waals surface area contributed by atoms with Gasteiger partial charge in [-0.25, -0.2) is 9.59 Å². The summed E-state index contributed by atoms with van der Waals surface area (Å²) in [6.45, 7) is 6.07. The van der Waals surface area contributed by atoms with E-state index in [-0.39, 0.29) is 17.2 Å². The Morgan fingerprint density at radius 1 is 0.806 bits per heavy atom. The van der Waals surface area contributed by atoms with Crippen molar-refractivity contribution in [2.75, 3.05) is 6.61 Å². The van der Waals surface area contributed by atoms with E-state index < -0.39 is 11.9 Å². The molecule has 5 heteroatoms. The van der Waals surface area contributed by atoms with Crippen LogP contribution in [0, 0.1) is 0 Å². The monoisotopic (exact) mass is 424 g/mol. The van der Waals surface area contributed by atoms with Crippen LogP contribution in [0.2, 0.25) is 0 Å². The molecule has 0 amide bonds. The van der Waals surface area contributed by atoms with Crippen LogP contribution >= 0.6 is 0 Å². The third-order valence-corrected chi connectivity index (χ3v) is 4.78. The maximum absolute atomic E-state index is 12.5. The maximum atomic E-state index is 12.5. The van der Waals surface area contributed by atoms with E-state index in [0.29, 0.717) is 12.2 Å². The van der Waals surface area contributed by atoms with E-state index in [9.17, 15) is 9.59 Å². The first-order chi connectivity index (χ1) is 15.2. The maximum Gasteiger partial charge on any atom is 0.343 e. The Morgan fingerprint density at radius 3 is 2.06 bits per heavy atom. The lowest BCUT2D eigenvalue weighted by Gasteiger charge is -2.15. The number of para-hydroxylation sites is 1. The first-order valence-electron chi connectivity index (χ1n) is 11.0. The minimum atomic E-state index is -0.608. The quantitative estimate of drug-likeness (QED) is 0.150. The Bertz CT molecular complexity index is 829. The predicted molar refractivity (Wildman–Crippen MR) is 122 cm³/mol. The Labute approximate surface area is 185 Å². The Hall–Kier alpha value is -3.08. The van der Waals surface area contributed by atoms with E-state index in [1.807, 2.05) is 6.07 Å². The van der Waals surface area contributed by atoms with Gasteiger partial charge in [0, 0.05) is 6.08 Å². The van der Waals surface area contributed by atoms with Gasteiger partial charge < -0.3 is 14.2 Å². The highest BCUT2D eigenvalue weighted by Crippen LogP contribution is 2.38. The number of carbonyl (C=O) groups excluding carboxylic acids is 2. The van der Waals surface area contributed by atoms with Gasteiger partial charge in [0.1, 0.15) is 0 Å². The van der Waals surface area contributed by atoms with Gasteiger partial charge >= 0.3 is 11.9 Å². The van der Waals surface area contributed by atoms with Crippen molar-refractivity contribution in [3.63, 3.8) is 0 Å². The Kier molecular flexibility index (Phi) is 10.9. The second kappa shape index (κ2) is 14.0. The fourth-order valence-corrected chi connectivity index (χ4v) is 3.09. The van der Waals surface area contributed by atoms with Crippen LogP contribution in [0.1, 0.15) is 68.6 Å². The molecule has 0 saturated carbocycles. The predicted octanol–water partition coefficient (Wildman–Crippen LogP) is 6.52. The van der Waals surface area contributed by atoms with Gasteiger partial charge in [0.25, 0.3) is 0 Å². The van der Waals surface area contributed by atoms with E-state index in [2.05, 4.69) is 13.5 Å². The number of benzene rings is 2. The number of hydrogen-bond acceptors (Lipinski definition) is 5. The van der Waals surface area contributed by atoms with Gasteiger partial charge in [0.05, 0.1) is 12.2 Å². The highest BCUT2D eigenvalue weighted by atomic mass is 16.6. The van der Waals surface area contributed by atoms with Crippen LogP contribution in [0.15, 0.2) is 61.2 Å². The van der Waals surface area contributed by atoms with Gasteiger partial charge in [-0.2, -0.15) is 0 Å². The van der Waals surface area contributed by atoms with E-state index in [1.54, 1.807) is 42.5 Å². The zero-order valence-corrected chi connectivity index (χ0v) is 18.3. The summed E-state index contributed by atoms with van der Waals surface area (Å²) in [6, 6.07) is 13.6. The van der Waals surface area contributed by atoms with Gasteiger partial charge in [-0.15, -0.1) is 0 Å². The summed E-state index contributed by atoms with van der Waals surface area (Å²) in [5.74, 6) is -0.469. The zero-order valence-electron chi connectivity index (χ0n) is 18.3. The standard InChI is InChI=1S/C26H32O5/c1-3-5-6-7-8-9-10-14-20-29-25-22(30-24(27)4-2)18-15-19-23(25)31-26(28)21-16-12-11-13-17-21/h4,11-13,15-19H,2-3,5-10,14,20H2,1H3. The molecule has 0 fully saturated rings. The van der Waals surface area contributed by atoms with Crippen LogP contribution in [-0.4, -0.2) is 18.5 Å². The fourth-order valence-electron chi connectivity index (χ4n) is 3.09. The van der Waals surface area contributed by atoms with Crippen LogP contribution < -0.4 is 14.2 Å². The highest BCUT2D eigenvalue weighted by molar-refractivity contribution is 5.91. The van der Waals surface area contributed by atoms with Crippen molar-refractivity contribution in [1.29, 1.82) is 0 Å². The number of ether oxygens (including phenoxy) is 3. The summed E-state index contributed by atoms with van der Waals surface area (Å²) >= 11 is 0. The minimum absolute atomic E-state index is 0.197. The molecule has 0 heterocycles. The first-order valence-corrected chi connectivity index (χ1v) is 11.0. The molecule has 0 radical (unpaired) electrons. The minimum Gasteiger partial charge on any atom is -0.486 e. The van der Waals surface area contributed by atoms with Gasteiger partial charge in [-0.3, -0.25) is 0 Å². The van der Waals surface area contributed by atoms with Crippen LogP contribution in [0.25, 0.3) is 0 Å². The lowest BCUT2D eigenvalue weighted by molar-refractivity contribution is -0.129. The lowest BCUT2D eigenvalue weighted by atomic mass is 10.1. The number of hydrogen-bond donors (Lipinski definition) is 0. The molecule has 0 aliphatic carbocycles. The van der Waals surface area contributed by atoms with Crippen molar-refractivity contribution in [3.8, 4) is 17.2 Å². The topological polar surface area (TPSA) is 61.8 Å². The molecule has 0 N–H and O–H groups in total. The summed E-state index contributed by atoms with van der Waals surface area (Å²) in [5, 5.41) is 0. The Balaban J connectivity index is 1.99. The molecule has 0 saturated heterocycles. The number of unbranched alkanes of at least 4 members (excludes halogenated alkanes) is 7. The molecule has 0 spiro atoms. The molecule has 2 aromatic rings. The summed E-state index contributed by atoms with van der Waals surface area (Å²) < 4.78 is 16.7. The van der Waals surface area contributed by atoms with Crippen molar-refractivity contribution in [3.05, 3.63) is 66.7 Å². The van der Waals surface area contributed by atoms with Crippen LogP contribution in [-0.2, 0) is 4.79 Å². The average molecular weight is 425 g/mol. The number of carbonyl (C=O) groups is 2. The molecule has 0 aromatic heterocycles. The summed E-state index contributed by atoms with van der Waals surface area (Å²) in [6.07, 6.45) is 10.5. The largest absolute Gasteiger partial charge is 0.486 e. The SMILES string of the molecule is C=CC(=O)Oc1cccc(OC(=O)c2ccccc2)c1OCCCCCCCCCC. The molecule has 0 aliphatic rings. The molecule has 166 valence electrons. The second-order valence-corrected chi connectivity index (χ2v) is 7.29. The molecule has 5 nitrogen and oxygen atoms in total. The molecule has 0 atom stereocenters. The van der Waals surface area contributed by atoms with Gasteiger partial charge in [0.15, 0.2) is 11.5 Å². The van der Waals surface area contributed by atoms with E-state index in [1.165, 1.54) is 32.1 Å². The van der Waals surface area contributed by atoms with Crippen LogP contribution in [0.3, 0.4) is 0 Å². The average Bonchev–Trinajstić information content (AvgIpc) is 2.79. The van der Waals surface area contributed by atoms with Crippen molar-refractivity contribution in [2.24, 2.45) is 0 Å². The molecule has 0 bridgehead atoms. The fraction of sp³-hybridized carbons (Fsp3) is 0.385. The van der Waals surface area contributed by atoms with Crippen molar-refractivity contribution < 1.29 is 23.8 Å². The first kappa shape index (κ1) is 24.2. The second-order valence-electron chi connectivity index (χ2n) is 7.29. The van der Waals surface area contributed by atoms with E-state index in [0.717, 1.165) is 25.3 Å². The van der Waals surface area contributed by atoms with E-state index in [4.69, 9.17) is 14.2 Å². The summed E-state index contributed by atoms with van der Waals surface area (Å²) in [4.78, 5) is 24.2. The Morgan fingerprint density at radius 2 is 1.42 bits per heavy atom. The molecule has 31 heavy (non-hydrogen) atoms. The van der Waals surface area contributed by atoms with Crippen LogP contribution in [0.5, 0.6) is 17.2 Å². The van der Waals surface area contributed by atoms with Gasteiger partial charge in [-0.1, -0.05) is 82.7 Å². The van der Waals surface area contributed by atoms with Gasteiger partial charge in [-0.05, 0) is 30.7 Å². The lowest BCUT2D eigenvalue weighted by Crippen LogP contribution is -2.11.